The maximum absolute atomic E-state index is 13.1. The number of carbonyl (C=O) groups is 1. The molecule has 2 bridgehead atoms. The normalized spacial score (nSPS) is 25.7. The molecule has 0 aliphatic carbocycles. The number of hydrogen-bond donors (Lipinski definition) is 1. The summed E-state index contributed by atoms with van der Waals surface area (Å²) in [5.74, 6) is 0.632. The molecule has 5 heterocycles. The van der Waals surface area contributed by atoms with E-state index < -0.39 is 0 Å². The predicted octanol–water partition coefficient (Wildman–Crippen LogP) is 2.45. The van der Waals surface area contributed by atoms with Crippen molar-refractivity contribution in [1.82, 2.24) is 25.0 Å². The summed E-state index contributed by atoms with van der Waals surface area (Å²) in [5, 5.41) is 8.82. The van der Waals surface area contributed by atoms with E-state index >= 15 is 0 Å². The summed E-state index contributed by atoms with van der Waals surface area (Å²) in [6.07, 6.45) is 2.39. The van der Waals surface area contributed by atoms with Crippen molar-refractivity contribution >= 4 is 16.9 Å². The highest BCUT2D eigenvalue weighted by Crippen LogP contribution is 2.29. The fraction of sp³-hybridized carbons (Fsp3) is 0.632. The van der Waals surface area contributed by atoms with Crippen molar-refractivity contribution in [3.63, 3.8) is 0 Å². The molecule has 3 saturated heterocycles. The smallest absolute Gasteiger partial charge is 0.252 e. The zero-order valence-electron chi connectivity index (χ0n) is 15.5. The number of pyridine rings is 1. The molecule has 3 aliphatic heterocycles. The summed E-state index contributed by atoms with van der Waals surface area (Å²) in [6.45, 7) is 11.4. The van der Waals surface area contributed by atoms with Gasteiger partial charge in [-0.3, -0.25) is 4.79 Å². The van der Waals surface area contributed by atoms with Crippen LogP contribution in [-0.2, 0) is 0 Å². The number of nitrogens with zero attached hydrogens (tertiary/aromatic N) is 4. The van der Waals surface area contributed by atoms with Crippen LogP contribution < -0.4 is 5.32 Å². The third-order valence-corrected chi connectivity index (χ3v) is 5.67. The number of hydrogen-bond acceptors (Lipinski definition) is 4. The summed E-state index contributed by atoms with van der Waals surface area (Å²) in [4.78, 5) is 20.2. The Hall–Kier alpha value is -1.95. The van der Waals surface area contributed by atoms with E-state index in [1.165, 1.54) is 25.9 Å². The number of rotatable bonds is 3. The number of carbonyl (C=O) groups excluding carboxylic acids is 1. The SMILES string of the molecule is Cc1cc(C(=O)NC2CN3CCC2CC3)c2c(C)nn(C(C)C)c2n1. The van der Waals surface area contributed by atoms with Gasteiger partial charge < -0.3 is 10.2 Å². The van der Waals surface area contributed by atoms with E-state index in [4.69, 9.17) is 0 Å². The number of nitrogens with one attached hydrogen (secondary N) is 1. The van der Waals surface area contributed by atoms with Crippen molar-refractivity contribution < 1.29 is 4.79 Å². The van der Waals surface area contributed by atoms with Gasteiger partial charge in [-0.2, -0.15) is 5.10 Å². The first-order valence-corrected chi connectivity index (χ1v) is 9.33. The molecular weight excluding hydrogens is 314 g/mol. The van der Waals surface area contributed by atoms with Gasteiger partial charge in [-0.1, -0.05) is 0 Å². The van der Waals surface area contributed by atoms with Crippen molar-refractivity contribution in [2.75, 3.05) is 19.6 Å². The summed E-state index contributed by atoms with van der Waals surface area (Å²) < 4.78 is 1.92. The number of piperidine rings is 3. The highest BCUT2D eigenvalue weighted by Gasteiger charge is 2.35. The molecule has 1 amide bonds. The first-order chi connectivity index (χ1) is 11.9. The Labute approximate surface area is 148 Å². The van der Waals surface area contributed by atoms with Crippen LogP contribution in [0.4, 0.5) is 0 Å². The quantitative estimate of drug-likeness (QED) is 0.931. The molecule has 0 aromatic carbocycles. The van der Waals surface area contributed by atoms with Gasteiger partial charge in [0.05, 0.1) is 16.6 Å². The first-order valence-electron chi connectivity index (χ1n) is 9.33. The second-order valence-electron chi connectivity index (χ2n) is 7.85. The number of fused-ring (bicyclic) bond motifs is 4. The van der Waals surface area contributed by atoms with Crippen LogP contribution in [0.15, 0.2) is 6.07 Å². The van der Waals surface area contributed by atoms with Crippen LogP contribution >= 0.6 is 0 Å². The van der Waals surface area contributed by atoms with Crippen LogP contribution in [0.3, 0.4) is 0 Å². The summed E-state index contributed by atoms with van der Waals surface area (Å²) in [5.41, 5.74) is 3.25. The minimum absolute atomic E-state index is 0.0145. The third-order valence-electron chi connectivity index (χ3n) is 5.67. The van der Waals surface area contributed by atoms with Gasteiger partial charge >= 0.3 is 0 Å². The number of aromatic nitrogens is 3. The lowest BCUT2D eigenvalue weighted by molar-refractivity contribution is 0.0621. The van der Waals surface area contributed by atoms with E-state index in [2.05, 4.69) is 34.1 Å². The van der Waals surface area contributed by atoms with Crippen LogP contribution in [-0.4, -0.2) is 51.2 Å². The van der Waals surface area contributed by atoms with Gasteiger partial charge in [0.15, 0.2) is 5.65 Å². The fourth-order valence-corrected chi connectivity index (χ4v) is 4.35. The Kier molecular flexibility index (Phi) is 4.02. The second-order valence-corrected chi connectivity index (χ2v) is 7.85. The van der Waals surface area contributed by atoms with E-state index in [0.29, 0.717) is 11.5 Å². The Bertz CT molecular complexity index is 817. The molecule has 5 rings (SSSR count). The Morgan fingerprint density at radius 3 is 2.60 bits per heavy atom. The van der Waals surface area contributed by atoms with Crippen LogP contribution in [0.5, 0.6) is 0 Å². The monoisotopic (exact) mass is 341 g/mol. The van der Waals surface area contributed by atoms with E-state index in [0.717, 1.165) is 29.0 Å². The van der Waals surface area contributed by atoms with Crippen LogP contribution in [0.1, 0.15) is 54.5 Å². The minimum Gasteiger partial charge on any atom is -0.348 e. The second kappa shape index (κ2) is 6.09. The molecule has 1 unspecified atom stereocenters. The van der Waals surface area contributed by atoms with Crippen molar-refractivity contribution in [1.29, 1.82) is 0 Å². The molecular formula is C19H27N5O. The van der Waals surface area contributed by atoms with Crippen molar-refractivity contribution in [3.05, 3.63) is 23.0 Å². The molecule has 2 aromatic heterocycles. The van der Waals surface area contributed by atoms with E-state index in [9.17, 15) is 4.79 Å². The van der Waals surface area contributed by atoms with Crippen molar-refractivity contribution in [3.8, 4) is 0 Å². The fourth-order valence-electron chi connectivity index (χ4n) is 4.35. The Morgan fingerprint density at radius 2 is 2.00 bits per heavy atom. The Balaban J connectivity index is 1.69. The van der Waals surface area contributed by atoms with Gasteiger partial charge in [0.2, 0.25) is 0 Å². The van der Waals surface area contributed by atoms with Gasteiger partial charge in [0.1, 0.15) is 0 Å². The Morgan fingerprint density at radius 1 is 1.28 bits per heavy atom. The summed E-state index contributed by atoms with van der Waals surface area (Å²) in [6, 6.07) is 2.38. The zero-order chi connectivity index (χ0) is 17.7. The molecule has 0 spiro atoms. The lowest BCUT2D eigenvalue weighted by atomic mass is 9.84. The van der Waals surface area contributed by atoms with Gasteiger partial charge in [-0.15, -0.1) is 0 Å². The van der Waals surface area contributed by atoms with Crippen LogP contribution in [0, 0.1) is 19.8 Å². The van der Waals surface area contributed by atoms with Gasteiger partial charge in [0.25, 0.3) is 5.91 Å². The highest BCUT2D eigenvalue weighted by molar-refractivity contribution is 6.06. The zero-order valence-corrected chi connectivity index (χ0v) is 15.5. The summed E-state index contributed by atoms with van der Waals surface area (Å²) >= 11 is 0. The average molecular weight is 341 g/mol. The topological polar surface area (TPSA) is 63.1 Å². The third kappa shape index (κ3) is 2.82. The number of amides is 1. The largest absolute Gasteiger partial charge is 0.348 e. The first kappa shape index (κ1) is 16.5. The van der Waals surface area contributed by atoms with E-state index in [-0.39, 0.29) is 18.0 Å². The van der Waals surface area contributed by atoms with Gasteiger partial charge in [-0.05, 0) is 65.6 Å². The van der Waals surface area contributed by atoms with Gasteiger partial charge in [-0.25, -0.2) is 9.67 Å². The standard InChI is InChI=1S/C19H27N5O/c1-11(2)24-18-17(13(4)22-24)15(9-12(3)20-18)19(25)21-16-10-23-7-5-14(16)6-8-23/h9,11,14,16H,5-8,10H2,1-4H3,(H,21,25). The lowest BCUT2D eigenvalue weighted by Gasteiger charge is -2.44. The van der Waals surface area contributed by atoms with Crippen molar-refractivity contribution in [2.24, 2.45) is 5.92 Å². The molecule has 134 valence electrons. The lowest BCUT2D eigenvalue weighted by Crippen LogP contribution is -2.57. The average Bonchev–Trinajstić information content (AvgIpc) is 2.92. The highest BCUT2D eigenvalue weighted by atomic mass is 16.1. The van der Waals surface area contributed by atoms with Crippen LogP contribution in [0.2, 0.25) is 0 Å². The van der Waals surface area contributed by atoms with Crippen LogP contribution in [0.25, 0.3) is 11.0 Å². The molecule has 2 aromatic rings. The molecule has 1 atom stereocenters. The maximum Gasteiger partial charge on any atom is 0.252 e. The van der Waals surface area contributed by atoms with Crippen molar-refractivity contribution in [2.45, 2.75) is 52.6 Å². The molecule has 1 N–H and O–H groups in total. The van der Waals surface area contributed by atoms with E-state index in [1.54, 1.807) is 0 Å². The molecule has 3 aliphatic rings. The maximum atomic E-state index is 13.1. The molecule has 6 nitrogen and oxygen atoms in total. The minimum atomic E-state index is 0.0145. The summed E-state index contributed by atoms with van der Waals surface area (Å²) in [7, 11) is 0. The van der Waals surface area contributed by atoms with E-state index in [1.807, 2.05) is 24.6 Å². The molecule has 6 heteroatoms. The molecule has 0 radical (unpaired) electrons. The molecule has 0 saturated carbocycles. The van der Waals surface area contributed by atoms with Gasteiger partial charge in [0, 0.05) is 24.3 Å². The molecule has 3 fully saturated rings. The predicted molar refractivity (Wildman–Crippen MR) is 97.8 cm³/mol. The number of aryl methyl sites for hydroxylation is 2. The molecule has 25 heavy (non-hydrogen) atoms.